The molecule has 1 aromatic rings. The maximum Gasteiger partial charge on any atom is 0.328 e. The molecule has 0 spiro atoms. The van der Waals surface area contributed by atoms with Crippen molar-refractivity contribution in [2.75, 3.05) is 7.11 Å². The summed E-state index contributed by atoms with van der Waals surface area (Å²) in [6.07, 6.45) is 2.70. The Morgan fingerprint density at radius 1 is 1.24 bits per heavy atom. The molecule has 0 aliphatic heterocycles. The average molecular weight is 350 g/mol. The number of amides is 2. The van der Waals surface area contributed by atoms with Crippen molar-refractivity contribution in [2.24, 2.45) is 5.92 Å². The summed E-state index contributed by atoms with van der Waals surface area (Å²) in [4.78, 5) is 35.9. The molecule has 0 heterocycles. The smallest absolute Gasteiger partial charge is 0.328 e. The van der Waals surface area contributed by atoms with Crippen molar-refractivity contribution >= 4 is 17.8 Å². The highest BCUT2D eigenvalue weighted by Crippen LogP contribution is 2.33. The fourth-order valence-electron chi connectivity index (χ4n) is 2.67. The Kier molecular flexibility index (Phi) is 6.50. The van der Waals surface area contributed by atoms with E-state index in [-0.39, 0.29) is 12.3 Å². The highest BCUT2D eigenvalue weighted by Gasteiger charge is 2.32. The van der Waals surface area contributed by atoms with Gasteiger partial charge >= 0.3 is 5.97 Å². The molecule has 1 aromatic carbocycles. The normalized spacial score (nSPS) is 15.8. The minimum atomic E-state index is -0.898. The topological polar surface area (TPSA) is 84.5 Å². The first kappa shape index (κ1) is 18.9. The van der Waals surface area contributed by atoms with Gasteiger partial charge in [-0.25, -0.2) is 9.18 Å². The molecule has 0 aromatic heterocycles. The summed E-state index contributed by atoms with van der Waals surface area (Å²) in [7, 11) is 1.27. The zero-order chi connectivity index (χ0) is 18.4. The zero-order valence-corrected chi connectivity index (χ0v) is 14.4. The Labute approximate surface area is 146 Å². The van der Waals surface area contributed by atoms with E-state index in [1.54, 1.807) is 6.07 Å². The summed E-state index contributed by atoms with van der Waals surface area (Å²) in [5.41, 5.74) is 0.575. The van der Waals surface area contributed by atoms with E-state index >= 15 is 0 Å². The van der Waals surface area contributed by atoms with Gasteiger partial charge in [0, 0.05) is 13.3 Å². The number of carbonyl (C=O) groups is 3. The van der Waals surface area contributed by atoms with Gasteiger partial charge in [0.1, 0.15) is 17.9 Å². The van der Waals surface area contributed by atoms with Crippen molar-refractivity contribution in [3.05, 3.63) is 35.6 Å². The van der Waals surface area contributed by atoms with Crippen LogP contribution in [-0.2, 0) is 25.5 Å². The van der Waals surface area contributed by atoms with Crippen LogP contribution in [0.1, 0.15) is 31.7 Å². The highest BCUT2D eigenvalue weighted by molar-refractivity contribution is 5.90. The number of esters is 1. The van der Waals surface area contributed by atoms with E-state index in [9.17, 15) is 18.8 Å². The first-order valence-corrected chi connectivity index (χ1v) is 8.28. The van der Waals surface area contributed by atoms with Gasteiger partial charge in [0.2, 0.25) is 11.8 Å². The monoisotopic (exact) mass is 350 g/mol. The molecular weight excluding hydrogens is 327 g/mol. The van der Waals surface area contributed by atoms with E-state index in [0.717, 1.165) is 12.8 Å². The first-order valence-electron chi connectivity index (χ1n) is 8.28. The molecule has 1 aliphatic carbocycles. The molecule has 2 amide bonds. The summed E-state index contributed by atoms with van der Waals surface area (Å²) in [6.45, 7) is 1.30. The van der Waals surface area contributed by atoms with Gasteiger partial charge in [-0.05, 0) is 30.0 Å². The van der Waals surface area contributed by atoms with Crippen LogP contribution in [0.5, 0.6) is 0 Å². The fraction of sp³-hybridized carbons (Fsp3) is 0.500. The summed E-state index contributed by atoms with van der Waals surface area (Å²) in [5, 5.41) is 5.21. The largest absolute Gasteiger partial charge is 0.467 e. The van der Waals surface area contributed by atoms with Crippen LogP contribution in [0.25, 0.3) is 0 Å². The third-order valence-electron chi connectivity index (χ3n) is 4.09. The molecule has 0 radical (unpaired) electrons. The lowest BCUT2D eigenvalue weighted by Gasteiger charge is -2.22. The van der Waals surface area contributed by atoms with Gasteiger partial charge in [-0.2, -0.15) is 0 Å². The molecule has 1 aliphatic rings. The first-order chi connectivity index (χ1) is 11.9. The van der Waals surface area contributed by atoms with Gasteiger partial charge < -0.3 is 15.4 Å². The quantitative estimate of drug-likeness (QED) is 0.693. The van der Waals surface area contributed by atoms with Crippen LogP contribution in [0.2, 0.25) is 0 Å². The van der Waals surface area contributed by atoms with E-state index in [1.165, 1.54) is 32.2 Å². The molecule has 6 nitrogen and oxygen atoms in total. The van der Waals surface area contributed by atoms with Crippen LogP contribution in [0.4, 0.5) is 4.39 Å². The lowest BCUT2D eigenvalue weighted by Crippen LogP contribution is -2.52. The predicted octanol–water partition coefficient (Wildman–Crippen LogP) is 1.33. The van der Waals surface area contributed by atoms with Gasteiger partial charge in [-0.15, -0.1) is 0 Å². The Morgan fingerprint density at radius 3 is 2.52 bits per heavy atom. The van der Waals surface area contributed by atoms with Crippen LogP contribution >= 0.6 is 0 Å². The molecule has 1 fully saturated rings. The lowest BCUT2D eigenvalue weighted by molar-refractivity contribution is -0.145. The Balaban J connectivity index is 2.07. The van der Waals surface area contributed by atoms with Crippen LogP contribution in [0.15, 0.2) is 24.3 Å². The molecular formula is C18H23FN2O4. The van der Waals surface area contributed by atoms with Crippen LogP contribution in [0, 0.1) is 11.7 Å². The number of methoxy groups -OCH3 is 1. The van der Waals surface area contributed by atoms with Gasteiger partial charge in [0.25, 0.3) is 0 Å². The predicted molar refractivity (Wildman–Crippen MR) is 89.0 cm³/mol. The van der Waals surface area contributed by atoms with E-state index in [1.807, 2.05) is 0 Å². The van der Waals surface area contributed by atoms with Gasteiger partial charge in [-0.1, -0.05) is 25.0 Å². The summed E-state index contributed by atoms with van der Waals surface area (Å²) in [5.74, 6) is -1.39. The molecule has 7 heteroatoms. The van der Waals surface area contributed by atoms with Crippen molar-refractivity contribution in [2.45, 2.75) is 44.7 Å². The molecule has 2 atom stereocenters. The van der Waals surface area contributed by atoms with E-state index in [0.29, 0.717) is 17.9 Å². The van der Waals surface area contributed by atoms with Crippen molar-refractivity contribution < 1.29 is 23.5 Å². The summed E-state index contributed by atoms with van der Waals surface area (Å²) >= 11 is 0. The fourth-order valence-corrected chi connectivity index (χ4v) is 2.67. The number of nitrogens with one attached hydrogen (secondary N) is 2. The minimum Gasteiger partial charge on any atom is -0.467 e. The second kappa shape index (κ2) is 8.60. The Hall–Kier alpha value is -2.44. The molecule has 0 unspecified atom stereocenters. The van der Waals surface area contributed by atoms with Gasteiger partial charge in [0.05, 0.1) is 7.11 Å². The number of halogens is 1. The third kappa shape index (κ3) is 6.17. The molecule has 1 saturated carbocycles. The summed E-state index contributed by atoms with van der Waals surface area (Å²) < 4.78 is 18.1. The molecule has 25 heavy (non-hydrogen) atoms. The van der Waals surface area contributed by atoms with Crippen molar-refractivity contribution in [1.82, 2.24) is 10.6 Å². The molecule has 2 N–H and O–H groups in total. The van der Waals surface area contributed by atoms with E-state index in [4.69, 9.17) is 4.74 Å². The van der Waals surface area contributed by atoms with Crippen LogP contribution < -0.4 is 10.6 Å². The molecule has 136 valence electrons. The second-order valence-electron chi connectivity index (χ2n) is 6.35. The third-order valence-corrected chi connectivity index (χ3v) is 4.09. The lowest BCUT2D eigenvalue weighted by atomic mass is 10.0. The average Bonchev–Trinajstić information content (AvgIpc) is 3.36. The number of hydrogen-bond acceptors (Lipinski definition) is 4. The SMILES string of the molecule is COC(=O)[C@@H](CC1CC1)NC(=O)[C@@H](Cc1cccc(F)c1)NC(C)=O. The van der Waals surface area contributed by atoms with Crippen molar-refractivity contribution in [1.29, 1.82) is 0 Å². The van der Waals surface area contributed by atoms with Gasteiger partial charge in [-0.3, -0.25) is 9.59 Å². The molecule has 0 bridgehead atoms. The molecule has 2 rings (SSSR count). The number of hydrogen-bond donors (Lipinski definition) is 2. The summed E-state index contributed by atoms with van der Waals surface area (Å²) in [6, 6.07) is 4.19. The standard InChI is InChI=1S/C18H23FN2O4/c1-11(22)20-15(10-13-4-3-5-14(19)8-13)17(23)21-16(18(24)25-2)9-12-6-7-12/h3-5,8,12,15-16H,6-7,9-10H2,1-2H3,(H,20,22)(H,21,23)/t15-,16-/m1/s1. The maximum atomic E-state index is 13.3. The van der Waals surface area contributed by atoms with Crippen LogP contribution in [0.3, 0.4) is 0 Å². The number of carbonyl (C=O) groups excluding carboxylic acids is 3. The Bertz CT molecular complexity index is 646. The Morgan fingerprint density at radius 2 is 1.96 bits per heavy atom. The molecule has 0 saturated heterocycles. The zero-order valence-electron chi connectivity index (χ0n) is 14.4. The second-order valence-corrected chi connectivity index (χ2v) is 6.35. The van der Waals surface area contributed by atoms with Crippen LogP contribution in [-0.4, -0.2) is 37.0 Å². The van der Waals surface area contributed by atoms with Crippen molar-refractivity contribution in [3.8, 4) is 0 Å². The highest BCUT2D eigenvalue weighted by atomic mass is 19.1. The minimum absolute atomic E-state index is 0.125. The van der Waals surface area contributed by atoms with E-state index in [2.05, 4.69) is 10.6 Å². The number of rotatable bonds is 8. The van der Waals surface area contributed by atoms with Crippen molar-refractivity contribution in [3.63, 3.8) is 0 Å². The maximum absolute atomic E-state index is 13.3. The number of ether oxygens (including phenoxy) is 1. The van der Waals surface area contributed by atoms with E-state index < -0.39 is 29.8 Å². The van der Waals surface area contributed by atoms with Gasteiger partial charge in [0.15, 0.2) is 0 Å². The number of benzene rings is 1.